The van der Waals surface area contributed by atoms with Crippen molar-refractivity contribution in [2.45, 2.75) is 19.4 Å². The first-order chi connectivity index (χ1) is 8.06. The van der Waals surface area contributed by atoms with E-state index in [9.17, 15) is 4.79 Å². The van der Waals surface area contributed by atoms with E-state index >= 15 is 0 Å². The lowest BCUT2D eigenvalue weighted by atomic mass is 9.95. The summed E-state index contributed by atoms with van der Waals surface area (Å²) >= 11 is 0. The predicted molar refractivity (Wildman–Crippen MR) is 61.5 cm³/mol. The minimum atomic E-state index is -1.08. The number of nitrogens with two attached hydrogens (primary N) is 1. The topological polar surface area (TPSA) is 81.8 Å². The summed E-state index contributed by atoms with van der Waals surface area (Å²) in [5, 5.41) is 9.06. The highest BCUT2D eigenvalue weighted by Crippen LogP contribution is 2.40. The normalized spacial score (nSPS) is 15.0. The first-order valence-electron chi connectivity index (χ1n) is 5.37. The number of rotatable bonds is 3. The fraction of sp³-hybridized carbons (Fsp3) is 0.417. The second-order valence-electron chi connectivity index (χ2n) is 4.03. The largest absolute Gasteiger partial charge is 0.496 e. The minimum Gasteiger partial charge on any atom is -0.496 e. The van der Waals surface area contributed by atoms with Gasteiger partial charge in [-0.2, -0.15) is 0 Å². The number of fused-ring (bicyclic) bond motifs is 1. The lowest BCUT2D eigenvalue weighted by molar-refractivity contribution is -0.138. The molecular formula is C12H15NO4. The van der Waals surface area contributed by atoms with Gasteiger partial charge in [0.15, 0.2) is 0 Å². The number of carboxylic acids is 1. The molecule has 1 heterocycles. The van der Waals surface area contributed by atoms with E-state index in [-0.39, 0.29) is 0 Å². The standard InChI is InChI=1S/C12H15NO4/c1-6-5-8-7(3-4-17-8)9(11(6)16-2)10(13)12(14)15/h5,10H,3-4,13H2,1-2H3,(H,14,15). The fourth-order valence-corrected chi connectivity index (χ4v) is 2.20. The Morgan fingerprint density at radius 1 is 1.65 bits per heavy atom. The van der Waals surface area contributed by atoms with E-state index in [0.29, 0.717) is 24.3 Å². The van der Waals surface area contributed by atoms with Gasteiger partial charge in [-0.3, -0.25) is 4.79 Å². The van der Waals surface area contributed by atoms with Gasteiger partial charge in [0.2, 0.25) is 0 Å². The van der Waals surface area contributed by atoms with Gasteiger partial charge < -0.3 is 20.3 Å². The molecule has 92 valence electrons. The molecule has 0 amide bonds. The molecule has 0 aliphatic carbocycles. The summed E-state index contributed by atoms with van der Waals surface area (Å²) in [7, 11) is 1.52. The molecular weight excluding hydrogens is 222 g/mol. The van der Waals surface area contributed by atoms with E-state index in [1.54, 1.807) is 0 Å². The highest BCUT2D eigenvalue weighted by molar-refractivity contribution is 5.78. The SMILES string of the molecule is COc1c(C)cc2c(c1C(N)C(=O)O)CCO2. The van der Waals surface area contributed by atoms with Gasteiger partial charge in [0.25, 0.3) is 0 Å². The maximum Gasteiger partial charge on any atom is 0.325 e. The Kier molecular flexibility index (Phi) is 2.93. The summed E-state index contributed by atoms with van der Waals surface area (Å²) in [4.78, 5) is 11.1. The van der Waals surface area contributed by atoms with Gasteiger partial charge >= 0.3 is 5.97 Å². The van der Waals surface area contributed by atoms with Gasteiger partial charge in [-0.05, 0) is 18.6 Å². The number of aryl methyl sites for hydroxylation is 1. The molecule has 2 rings (SSSR count). The van der Waals surface area contributed by atoms with Gasteiger partial charge in [0, 0.05) is 17.5 Å². The summed E-state index contributed by atoms with van der Waals surface area (Å²) in [6.07, 6.45) is 0.669. The molecule has 0 fully saturated rings. The van der Waals surface area contributed by atoms with Crippen LogP contribution in [0.5, 0.6) is 11.5 Å². The zero-order valence-corrected chi connectivity index (χ0v) is 9.82. The number of methoxy groups -OCH3 is 1. The Labute approximate surface area is 99.1 Å². The first kappa shape index (κ1) is 11.7. The molecule has 1 unspecified atom stereocenters. The molecule has 1 aromatic rings. The number of hydrogen-bond acceptors (Lipinski definition) is 4. The van der Waals surface area contributed by atoms with E-state index in [4.69, 9.17) is 20.3 Å². The zero-order chi connectivity index (χ0) is 12.6. The molecule has 3 N–H and O–H groups in total. The second kappa shape index (κ2) is 4.25. The van der Waals surface area contributed by atoms with Crippen LogP contribution in [0, 0.1) is 6.92 Å². The molecule has 1 aliphatic heterocycles. The number of carboxylic acid groups (broad SMARTS) is 1. The predicted octanol–water partition coefficient (Wildman–Crippen LogP) is 1.02. The molecule has 1 aromatic carbocycles. The lowest BCUT2D eigenvalue weighted by Gasteiger charge is -2.18. The van der Waals surface area contributed by atoms with Crippen molar-refractivity contribution in [1.82, 2.24) is 0 Å². The smallest absolute Gasteiger partial charge is 0.325 e. The van der Waals surface area contributed by atoms with Gasteiger partial charge in [0.05, 0.1) is 13.7 Å². The van der Waals surface area contributed by atoms with E-state index in [1.165, 1.54) is 7.11 Å². The average Bonchev–Trinajstić information content (AvgIpc) is 2.73. The van der Waals surface area contributed by atoms with Crippen LogP contribution in [0.15, 0.2) is 6.07 Å². The summed E-state index contributed by atoms with van der Waals surface area (Å²) in [5.41, 5.74) is 7.94. The van der Waals surface area contributed by atoms with Crippen LogP contribution in [0.3, 0.4) is 0 Å². The number of aliphatic carboxylic acids is 1. The summed E-state index contributed by atoms with van der Waals surface area (Å²) in [6, 6.07) is 0.777. The quantitative estimate of drug-likeness (QED) is 0.820. The number of hydrogen-bond donors (Lipinski definition) is 2. The lowest BCUT2D eigenvalue weighted by Crippen LogP contribution is -2.23. The van der Waals surface area contributed by atoms with Gasteiger partial charge in [0.1, 0.15) is 17.5 Å². The van der Waals surface area contributed by atoms with Crippen molar-refractivity contribution in [3.8, 4) is 11.5 Å². The molecule has 0 aromatic heterocycles. The Morgan fingerprint density at radius 3 is 2.94 bits per heavy atom. The van der Waals surface area contributed by atoms with E-state index in [0.717, 1.165) is 16.9 Å². The molecule has 5 nitrogen and oxygen atoms in total. The fourth-order valence-electron chi connectivity index (χ4n) is 2.20. The summed E-state index contributed by atoms with van der Waals surface area (Å²) in [6.45, 7) is 2.40. The van der Waals surface area contributed by atoms with E-state index in [1.807, 2.05) is 13.0 Å². The minimum absolute atomic E-state index is 0.535. The van der Waals surface area contributed by atoms with Gasteiger partial charge in [-0.1, -0.05) is 0 Å². The molecule has 1 aliphatic rings. The van der Waals surface area contributed by atoms with Gasteiger partial charge in [-0.25, -0.2) is 0 Å². The third-order valence-electron chi connectivity index (χ3n) is 2.96. The van der Waals surface area contributed by atoms with Crippen LogP contribution < -0.4 is 15.2 Å². The number of carbonyl (C=O) groups is 1. The maximum absolute atomic E-state index is 11.1. The molecule has 0 spiro atoms. The van der Waals surface area contributed by atoms with E-state index < -0.39 is 12.0 Å². The highest BCUT2D eigenvalue weighted by Gasteiger charge is 2.29. The van der Waals surface area contributed by atoms with Crippen LogP contribution >= 0.6 is 0 Å². The monoisotopic (exact) mass is 237 g/mol. The third-order valence-corrected chi connectivity index (χ3v) is 2.96. The Hall–Kier alpha value is -1.75. The average molecular weight is 237 g/mol. The molecule has 17 heavy (non-hydrogen) atoms. The molecule has 0 saturated heterocycles. The summed E-state index contributed by atoms with van der Waals surface area (Å²) < 4.78 is 10.7. The van der Waals surface area contributed by atoms with Crippen molar-refractivity contribution >= 4 is 5.97 Å². The molecule has 0 bridgehead atoms. The molecule has 0 radical (unpaired) electrons. The Balaban J connectivity index is 2.65. The van der Waals surface area contributed by atoms with Crippen molar-refractivity contribution in [3.05, 3.63) is 22.8 Å². The third kappa shape index (κ3) is 1.82. The van der Waals surface area contributed by atoms with Crippen molar-refractivity contribution < 1.29 is 19.4 Å². The van der Waals surface area contributed by atoms with Crippen LogP contribution in [0.25, 0.3) is 0 Å². The van der Waals surface area contributed by atoms with Crippen LogP contribution in [0.4, 0.5) is 0 Å². The van der Waals surface area contributed by atoms with Crippen molar-refractivity contribution in [2.24, 2.45) is 5.73 Å². The van der Waals surface area contributed by atoms with Crippen molar-refractivity contribution in [3.63, 3.8) is 0 Å². The first-order valence-corrected chi connectivity index (χ1v) is 5.37. The van der Waals surface area contributed by atoms with Crippen molar-refractivity contribution in [2.75, 3.05) is 13.7 Å². The van der Waals surface area contributed by atoms with Crippen LogP contribution in [0.2, 0.25) is 0 Å². The maximum atomic E-state index is 11.1. The second-order valence-corrected chi connectivity index (χ2v) is 4.03. The number of ether oxygens (including phenoxy) is 2. The summed E-state index contributed by atoms with van der Waals surface area (Å²) in [5.74, 6) is 0.196. The molecule has 0 saturated carbocycles. The molecule has 1 atom stereocenters. The van der Waals surface area contributed by atoms with Crippen LogP contribution in [-0.2, 0) is 11.2 Å². The highest BCUT2D eigenvalue weighted by atomic mass is 16.5. The Morgan fingerprint density at radius 2 is 2.35 bits per heavy atom. The molecule has 5 heteroatoms. The van der Waals surface area contributed by atoms with Crippen LogP contribution in [0.1, 0.15) is 22.7 Å². The number of benzene rings is 1. The van der Waals surface area contributed by atoms with E-state index in [2.05, 4.69) is 0 Å². The zero-order valence-electron chi connectivity index (χ0n) is 9.82. The van der Waals surface area contributed by atoms with Gasteiger partial charge in [-0.15, -0.1) is 0 Å². The van der Waals surface area contributed by atoms with Crippen molar-refractivity contribution in [1.29, 1.82) is 0 Å². The van der Waals surface area contributed by atoms with Crippen LogP contribution in [-0.4, -0.2) is 24.8 Å². The Bertz CT molecular complexity index is 466.